The van der Waals surface area contributed by atoms with Gasteiger partial charge < -0.3 is 15.2 Å². The van der Waals surface area contributed by atoms with E-state index in [2.05, 4.69) is 28.9 Å². The molecule has 0 aliphatic carbocycles. The first-order valence-corrected chi connectivity index (χ1v) is 6.74. The number of nitrogen functional groups attached to an aromatic ring is 1. The van der Waals surface area contributed by atoms with Crippen LogP contribution in [0.15, 0.2) is 22.7 Å². The smallest absolute Gasteiger partial charge is 0.260 e. The second-order valence-corrected chi connectivity index (χ2v) is 4.52. The molecule has 20 heavy (non-hydrogen) atoms. The Kier molecular flexibility index (Phi) is 4.68. The third-order valence-electron chi connectivity index (χ3n) is 3.26. The number of nitrogens with two attached hydrogens (primary N) is 1. The van der Waals surface area contributed by atoms with Crippen molar-refractivity contribution in [3.8, 4) is 11.5 Å². The van der Waals surface area contributed by atoms with Crippen LogP contribution in [0.5, 0.6) is 0 Å². The van der Waals surface area contributed by atoms with E-state index in [1.807, 2.05) is 0 Å². The second kappa shape index (κ2) is 6.47. The van der Waals surface area contributed by atoms with E-state index in [-0.39, 0.29) is 11.7 Å². The van der Waals surface area contributed by atoms with Gasteiger partial charge in [0.2, 0.25) is 0 Å². The average molecular weight is 278 g/mol. The molecule has 0 saturated heterocycles. The summed E-state index contributed by atoms with van der Waals surface area (Å²) in [5.74, 6) is 0.490. The van der Waals surface area contributed by atoms with E-state index in [4.69, 9.17) is 10.3 Å². The fraction of sp³-hybridized carbons (Fsp3) is 0.429. The summed E-state index contributed by atoms with van der Waals surface area (Å²) in [5, 5.41) is 3.91. The van der Waals surface area contributed by atoms with Crippen molar-refractivity contribution in [2.24, 2.45) is 0 Å². The highest BCUT2D eigenvalue weighted by Gasteiger charge is 2.13. The number of rotatable bonds is 6. The zero-order valence-electron chi connectivity index (χ0n) is 11.8. The van der Waals surface area contributed by atoms with Gasteiger partial charge in [-0.15, -0.1) is 0 Å². The van der Waals surface area contributed by atoms with Gasteiger partial charge >= 0.3 is 0 Å². The Morgan fingerprint density at radius 3 is 2.75 bits per heavy atom. The molecule has 0 saturated carbocycles. The van der Waals surface area contributed by atoms with Crippen LogP contribution in [0.1, 0.15) is 19.7 Å². The van der Waals surface area contributed by atoms with Crippen LogP contribution in [0, 0.1) is 5.82 Å². The Labute approximate surface area is 117 Å². The Morgan fingerprint density at radius 2 is 2.05 bits per heavy atom. The molecule has 0 fully saturated rings. The average Bonchev–Trinajstić information content (AvgIpc) is 2.91. The fourth-order valence-corrected chi connectivity index (χ4v) is 1.98. The molecule has 0 radical (unpaired) electrons. The van der Waals surface area contributed by atoms with Gasteiger partial charge in [0.25, 0.3) is 5.89 Å². The Bertz CT molecular complexity index is 566. The number of hydrogen-bond donors (Lipinski definition) is 1. The summed E-state index contributed by atoms with van der Waals surface area (Å²) in [6.45, 7) is 7.05. The Hall–Kier alpha value is -1.95. The number of benzene rings is 1. The van der Waals surface area contributed by atoms with Crippen molar-refractivity contribution in [1.29, 1.82) is 0 Å². The molecule has 2 aromatic rings. The summed E-state index contributed by atoms with van der Waals surface area (Å²) < 4.78 is 18.4. The number of hydrogen-bond acceptors (Lipinski definition) is 5. The quantitative estimate of drug-likeness (QED) is 0.821. The second-order valence-electron chi connectivity index (χ2n) is 4.52. The molecule has 1 aromatic carbocycles. The zero-order chi connectivity index (χ0) is 14.5. The molecule has 2 rings (SSSR count). The molecule has 0 atom stereocenters. The topological polar surface area (TPSA) is 68.2 Å². The minimum atomic E-state index is -0.378. The lowest BCUT2D eigenvalue weighted by Crippen LogP contribution is -2.25. The number of halogens is 1. The molecule has 0 unspecified atom stereocenters. The molecule has 6 heteroatoms. The van der Waals surface area contributed by atoms with Gasteiger partial charge in [0.05, 0.1) is 5.56 Å². The molecule has 0 aliphatic rings. The van der Waals surface area contributed by atoms with E-state index in [9.17, 15) is 4.39 Å². The lowest BCUT2D eigenvalue weighted by atomic mass is 10.2. The lowest BCUT2D eigenvalue weighted by molar-refractivity contribution is 0.303. The lowest BCUT2D eigenvalue weighted by Gasteiger charge is -2.16. The Morgan fingerprint density at radius 1 is 1.30 bits per heavy atom. The van der Waals surface area contributed by atoms with Gasteiger partial charge in [-0.05, 0) is 31.3 Å². The van der Waals surface area contributed by atoms with Gasteiger partial charge in [-0.3, -0.25) is 0 Å². The van der Waals surface area contributed by atoms with Gasteiger partial charge in [0, 0.05) is 18.7 Å². The first kappa shape index (κ1) is 14.5. The van der Waals surface area contributed by atoms with Crippen molar-refractivity contribution in [2.75, 3.05) is 25.4 Å². The third-order valence-corrected chi connectivity index (χ3v) is 3.26. The Balaban J connectivity index is 2.10. The highest BCUT2D eigenvalue weighted by molar-refractivity contribution is 5.70. The predicted octanol–water partition coefficient (Wildman–Crippen LogP) is 2.34. The summed E-state index contributed by atoms with van der Waals surface area (Å²) in [5.41, 5.74) is 6.65. The van der Waals surface area contributed by atoms with Crippen molar-refractivity contribution < 1.29 is 8.91 Å². The van der Waals surface area contributed by atoms with Crippen LogP contribution >= 0.6 is 0 Å². The van der Waals surface area contributed by atoms with Crippen LogP contribution in [0.2, 0.25) is 0 Å². The molecular weight excluding hydrogens is 259 g/mol. The monoisotopic (exact) mass is 278 g/mol. The number of aromatic nitrogens is 2. The summed E-state index contributed by atoms with van der Waals surface area (Å²) in [7, 11) is 0. The largest absolute Gasteiger partial charge is 0.398 e. The predicted molar refractivity (Wildman–Crippen MR) is 75.6 cm³/mol. The summed E-state index contributed by atoms with van der Waals surface area (Å²) in [6, 6.07) is 4.10. The van der Waals surface area contributed by atoms with Crippen molar-refractivity contribution in [1.82, 2.24) is 15.0 Å². The minimum absolute atomic E-state index is 0.261. The van der Waals surface area contributed by atoms with E-state index >= 15 is 0 Å². The van der Waals surface area contributed by atoms with E-state index in [0.29, 0.717) is 23.5 Å². The van der Waals surface area contributed by atoms with Gasteiger partial charge in [0.1, 0.15) is 5.82 Å². The SMILES string of the molecule is CCN(CC)CCc1noc(-c2cc(F)ccc2N)n1. The van der Waals surface area contributed by atoms with Gasteiger partial charge in [-0.2, -0.15) is 4.98 Å². The maximum Gasteiger partial charge on any atom is 0.260 e. The molecule has 1 heterocycles. The normalized spacial score (nSPS) is 11.2. The summed E-state index contributed by atoms with van der Waals surface area (Å²) >= 11 is 0. The van der Waals surface area contributed by atoms with Gasteiger partial charge in [0.15, 0.2) is 5.82 Å². The number of likely N-dealkylation sites (N-methyl/N-ethyl adjacent to an activating group) is 1. The molecule has 0 aliphatic heterocycles. The van der Waals surface area contributed by atoms with E-state index < -0.39 is 0 Å². The summed E-state index contributed by atoms with van der Waals surface area (Å²) in [6.07, 6.45) is 0.695. The minimum Gasteiger partial charge on any atom is -0.398 e. The van der Waals surface area contributed by atoms with Crippen LogP contribution in [-0.2, 0) is 6.42 Å². The van der Waals surface area contributed by atoms with Crippen LogP contribution in [0.3, 0.4) is 0 Å². The van der Waals surface area contributed by atoms with Crippen LogP contribution in [-0.4, -0.2) is 34.7 Å². The molecule has 5 nitrogen and oxygen atoms in total. The molecule has 0 spiro atoms. The molecule has 2 N–H and O–H groups in total. The van der Waals surface area contributed by atoms with Gasteiger partial charge in [-0.1, -0.05) is 19.0 Å². The molecule has 108 valence electrons. The fourth-order valence-electron chi connectivity index (χ4n) is 1.98. The molecule has 0 amide bonds. The van der Waals surface area contributed by atoms with Crippen molar-refractivity contribution >= 4 is 5.69 Å². The van der Waals surface area contributed by atoms with Crippen molar-refractivity contribution in [2.45, 2.75) is 20.3 Å². The van der Waals surface area contributed by atoms with Crippen LogP contribution in [0.4, 0.5) is 10.1 Å². The standard InChI is InChI=1S/C14H19FN4O/c1-3-19(4-2)8-7-13-17-14(20-18-13)11-9-10(15)5-6-12(11)16/h5-6,9H,3-4,7-8,16H2,1-2H3. The van der Waals surface area contributed by atoms with Crippen molar-refractivity contribution in [3.63, 3.8) is 0 Å². The van der Waals surface area contributed by atoms with Crippen LogP contribution < -0.4 is 5.73 Å². The third kappa shape index (κ3) is 3.33. The maximum absolute atomic E-state index is 13.2. The molecule has 1 aromatic heterocycles. The number of nitrogens with zero attached hydrogens (tertiary/aromatic N) is 3. The van der Waals surface area contributed by atoms with E-state index in [1.165, 1.54) is 18.2 Å². The summed E-state index contributed by atoms with van der Waals surface area (Å²) in [4.78, 5) is 6.54. The number of anilines is 1. The van der Waals surface area contributed by atoms with E-state index in [0.717, 1.165) is 19.6 Å². The van der Waals surface area contributed by atoms with E-state index in [1.54, 1.807) is 0 Å². The highest BCUT2D eigenvalue weighted by atomic mass is 19.1. The highest BCUT2D eigenvalue weighted by Crippen LogP contribution is 2.25. The van der Waals surface area contributed by atoms with Crippen molar-refractivity contribution in [3.05, 3.63) is 29.8 Å². The molecular formula is C14H19FN4O. The molecule has 0 bridgehead atoms. The van der Waals surface area contributed by atoms with Gasteiger partial charge in [-0.25, -0.2) is 4.39 Å². The first-order chi connectivity index (χ1) is 9.63. The van der Waals surface area contributed by atoms with Crippen LogP contribution in [0.25, 0.3) is 11.5 Å². The zero-order valence-corrected chi connectivity index (χ0v) is 11.8. The maximum atomic E-state index is 13.2. The first-order valence-electron chi connectivity index (χ1n) is 6.74.